The van der Waals surface area contributed by atoms with E-state index in [0.717, 1.165) is 19.5 Å². The van der Waals surface area contributed by atoms with Crippen LogP contribution in [0.3, 0.4) is 0 Å². The van der Waals surface area contributed by atoms with Gasteiger partial charge in [0.05, 0.1) is 11.5 Å². The van der Waals surface area contributed by atoms with Crippen molar-refractivity contribution in [2.24, 2.45) is 0 Å². The van der Waals surface area contributed by atoms with Gasteiger partial charge in [-0.15, -0.1) is 0 Å². The van der Waals surface area contributed by atoms with E-state index < -0.39 is 10.0 Å². The summed E-state index contributed by atoms with van der Waals surface area (Å²) >= 11 is 0. The number of likely N-dealkylation sites (N-methyl/N-ethyl adjacent to an activating group) is 1. The molecule has 0 bridgehead atoms. The number of hydrogen-bond donors (Lipinski definition) is 2. The van der Waals surface area contributed by atoms with Crippen molar-refractivity contribution in [2.45, 2.75) is 24.0 Å². The molecule has 0 aromatic heterocycles. The summed E-state index contributed by atoms with van der Waals surface area (Å²) in [6, 6.07) is 6.27. The molecule has 0 amide bonds. The lowest BCUT2D eigenvalue weighted by Gasteiger charge is -2.13. The molecule has 1 aromatic carbocycles. The van der Waals surface area contributed by atoms with Gasteiger partial charge in [-0.2, -0.15) is 0 Å². The van der Waals surface area contributed by atoms with Gasteiger partial charge in [0.2, 0.25) is 10.0 Å². The molecule has 0 aliphatic carbocycles. The monoisotopic (exact) mass is 270 g/mol. The molecule has 0 radical (unpaired) electrons. The van der Waals surface area contributed by atoms with Gasteiger partial charge in [-0.3, -0.25) is 0 Å². The second kappa shape index (κ2) is 5.36. The van der Waals surface area contributed by atoms with Gasteiger partial charge in [0.15, 0.2) is 0 Å². The van der Waals surface area contributed by atoms with Crippen molar-refractivity contribution in [3.8, 4) is 0 Å². The molecule has 18 heavy (non-hydrogen) atoms. The van der Waals surface area contributed by atoms with E-state index in [2.05, 4.69) is 9.62 Å². The standard InChI is InChI=1S/C12H18N2O3S/c1-14-7-6-11(8-14)13-18(16,17)12-4-2-10(9-15)3-5-12/h2-5,11,13,15H,6-9H2,1H3. The van der Waals surface area contributed by atoms with Gasteiger partial charge in [-0.25, -0.2) is 13.1 Å². The highest BCUT2D eigenvalue weighted by Gasteiger charge is 2.25. The third-order valence-electron chi connectivity index (χ3n) is 3.13. The molecule has 1 aromatic rings. The minimum atomic E-state index is -3.45. The Bertz CT molecular complexity index is 499. The molecule has 1 aliphatic rings. The topological polar surface area (TPSA) is 69.6 Å². The van der Waals surface area contributed by atoms with Gasteiger partial charge in [-0.1, -0.05) is 12.1 Å². The lowest BCUT2D eigenvalue weighted by molar-refractivity contribution is 0.282. The zero-order valence-corrected chi connectivity index (χ0v) is 11.2. The largest absolute Gasteiger partial charge is 0.392 e. The molecule has 100 valence electrons. The van der Waals surface area contributed by atoms with Gasteiger partial charge in [-0.05, 0) is 37.7 Å². The van der Waals surface area contributed by atoms with Crippen molar-refractivity contribution in [1.82, 2.24) is 9.62 Å². The first-order chi connectivity index (χ1) is 8.51. The van der Waals surface area contributed by atoms with Crippen molar-refractivity contribution in [3.05, 3.63) is 29.8 Å². The fraction of sp³-hybridized carbons (Fsp3) is 0.500. The van der Waals surface area contributed by atoms with Gasteiger partial charge >= 0.3 is 0 Å². The minimum Gasteiger partial charge on any atom is -0.392 e. The molecule has 1 heterocycles. The third-order valence-corrected chi connectivity index (χ3v) is 4.67. The molecule has 1 saturated heterocycles. The number of rotatable bonds is 4. The lowest BCUT2D eigenvalue weighted by Crippen LogP contribution is -2.36. The third kappa shape index (κ3) is 3.08. The number of sulfonamides is 1. The van der Waals surface area contributed by atoms with Gasteiger partial charge < -0.3 is 10.0 Å². The molecule has 1 fully saturated rings. The van der Waals surface area contributed by atoms with E-state index in [1.807, 2.05) is 7.05 Å². The number of benzene rings is 1. The maximum atomic E-state index is 12.1. The Hall–Kier alpha value is -0.950. The van der Waals surface area contributed by atoms with Crippen LogP contribution in [0.1, 0.15) is 12.0 Å². The highest BCUT2D eigenvalue weighted by atomic mass is 32.2. The van der Waals surface area contributed by atoms with Crippen molar-refractivity contribution < 1.29 is 13.5 Å². The minimum absolute atomic E-state index is 0.0162. The summed E-state index contributed by atoms with van der Waals surface area (Å²) in [4.78, 5) is 2.34. The molecule has 0 spiro atoms. The van der Waals surface area contributed by atoms with Crippen LogP contribution < -0.4 is 4.72 Å². The summed E-state index contributed by atoms with van der Waals surface area (Å²) < 4.78 is 26.9. The van der Waals surface area contributed by atoms with Crippen LogP contribution in [-0.2, 0) is 16.6 Å². The number of nitrogens with one attached hydrogen (secondary N) is 1. The van der Waals surface area contributed by atoms with Crippen LogP contribution in [0.4, 0.5) is 0 Å². The van der Waals surface area contributed by atoms with Crippen molar-refractivity contribution in [1.29, 1.82) is 0 Å². The molecule has 1 aliphatic heterocycles. The number of aliphatic hydroxyl groups is 1. The van der Waals surface area contributed by atoms with Gasteiger partial charge in [0.1, 0.15) is 0 Å². The van der Waals surface area contributed by atoms with E-state index >= 15 is 0 Å². The normalized spacial score (nSPS) is 21.3. The highest BCUT2D eigenvalue weighted by molar-refractivity contribution is 7.89. The average Bonchev–Trinajstić information content (AvgIpc) is 2.74. The second-order valence-electron chi connectivity index (χ2n) is 4.67. The first-order valence-electron chi connectivity index (χ1n) is 5.92. The predicted molar refractivity (Wildman–Crippen MR) is 68.6 cm³/mol. The van der Waals surface area contributed by atoms with E-state index in [-0.39, 0.29) is 17.5 Å². The highest BCUT2D eigenvalue weighted by Crippen LogP contribution is 2.14. The molecule has 1 atom stereocenters. The molecular formula is C12H18N2O3S. The van der Waals surface area contributed by atoms with Crippen LogP contribution in [0.15, 0.2) is 29.2 Å². The van der Waals surface area contributed by atoms with E-state index in [0.29, 0.717) is 5.56 Å². The fourth-order valence-electron chi connectivity index (χ4n) is 2.09. The fourth-order valence-corrected chi connectivity index (χ4v) is 3.35. The number of aliphatic hydroxyl groups excluding tert-OH is 1. The summed E-state index contributed by atoms with van der Waals surface area (Å²) in [5.41, 5.74) is 0.703. The summed E-state index contributed by atoms with van der Waals surface area (Å²) in [7, 11) is -1.47. The van der Waals surface area contributed by atoms with Crippen LogP contribution in [0.25, 0.3) is 0 Å². The smallest absolute Gasteiger partial charge is 0.240 e. The van der Waals surface area contributed by atoms with Crippen LogP contribution in [-0.4, -0.2) is 44.6 Å². The number of nitrogens with zero attached hydrogens (tertiary/aromatic N) is 1. The van der Waals surface area contributed by atoms with Gasteiger partial charge in [0.25, 0.3) is 0 Å². The molecule has 5 nitrogen and oxygen atoms in total. The van der Waals surface area contributed by atoms with Crippen LogP contribution in [0, 0.1) is 0 Å². The molecule has 6 heteroatoms. The molecule has 2 N–H and O–H groups in total. The molecular weight excluding hydrogens is 252 g/mol. The molecule has 1 unspecified atom stereocenters. The SMILES string of the molecule is CN1CCC(NS(=O)(=O)c2ccc(CO)cc2)C1. The van der Waals surface area contributed by atoms with E-state index in [1.54, 1.807) is 12.1 Å². The van der Waals surface area contributed by atoms with E-state index in [1.165, 1.54) is 12.1 Å². The van der Waals surface area contributed by atoms with E-state index in [9.17, 15) is 8.42 Å². The first-order valence-corrected chi connectivity index (χ1v) is 7.40. The van der Waals surface area contributed by atoms with E-state index in [4.69, 9.17) is 5.11 Å². The Morgan fingerprint density at radius 1 is 1.39 bits per heavy atom. The van der Waals surface area contributed by atoms with Crippen LogP contribution >= 0.6 is 0 Å². The zero-order valence-electron chi connectivity index (χ0n) is 10.3. The Balaban J connectivity index is 2.10. The predicted octanol–water partition coefficient (Wildman–Crippen LogP) is 0.161. The zero-order chi connectivity index (χ0) is 13.2. The lowest BCUT2D eigenvalue weighted by atomic mass is 10.2. The van der Waals surface area contributed by atoms with Crippen molar-refractivity contribution >= 4 is 10.0 Å². The molecule has 0 saturated carbocycles. The Morgan fingerprint density at radius 3 is 2.56 bits per heavy atom. The number of likely N-dealkylation sites (tertiary alicyclic amines) is 1. The summed E-state index contributed by atoms with van der Waals surface area (Å²) in [5, 5.41) is 8.92. The summed E-state index contributed by atoms with van der Waals surface area (Å²) in [6.45, 7) is 1.58. The Labute approximate surface area is 107 Å². The van der Waals surface area contributed by atoms with Crippen LogP contribution in [0.2, 0.25) is 0 Å². The quantitative estimate of drug-likeness (QED) is 0.818. The van der Waals surface area contributed by atoms with Crippen molar-refractivity contribution in [3.63, 3.8) is 0 Å². The first kappa shape index (κ1) is 13.5. The molecule has 2 rings (SSSR count). The Morgan fingerprint density at radius 2 is 2.06 bits per heavy atom. The summed E-state index contributed by atoms with van der Waals surface area (Å²) in [5.74, 6) is 0. The Kier molecular flexibility index (Phi) is 4.01. The maximum Gasteiger partial charge on any atom is 0.240 e. The summed E-state index contributed by atoms with van der Waals surface area (Å²) in [6.07, 6.45) is 0.838. The van der Waals surface area contributed by atoms with Crippen LogP contribution in [0.5, 0.6) is 0 Å². The number of hydrogen-bond acceptors (Lipinski definition) is 4. The van der Waals surface area contributed by atoms with Crippen molar-refractivity contribution in [2.75, 3.05) is 20.1 Å². The average molecular weight is 270 g/mol. The van der Waals surface area contributed by atoms with Gasteiger partial charge in [0, 0.05) is 12.6 Å². The second-order valence-corrected chi connectivity index (χ2v) is 6.39. The maximum absolute atomic E-state index is 12.1.